The Hall–Kier alpha value is -3.78. The summed E-state index contributed by atoms with van der Waals surface area (Å²) in [5.74, 6) is 1.43. The molecule has 0 amide bonds. The second kappa shape index (κ2) is 8.22. The number of benzene rings is 2. The van der Waals surface area contributed by atoms with Crippen molar-refractivity contribution < 1.29 is 9.47 Å². The SMILES string of the molecule is COc1ccccc1Cn1c2nc3ccccc3nc2c2c(=O)n(CC3CCCO3)c(C)nc21. The van der Waals surface area contributed by atoms with Gasteiger partial charge in [0.2, 0.25) is 0 Å². The van der Waals surface area contributed by atoms with E-state index in [1.165, 1.54) is 0 Å². The van der Waals surface area contributed by atoms with Crippen LogP contribution < -0.4 is 10.3 Å². The summed E-state index contributed by atoms with van der Waals surface area (Å²) in [6.45, 7) is 3.56. The summed E-state index contributed by atoms with van der Waals surface area (Å²) in [6.07, 6.45) is 2.00. The van der Waals surface area contributed by atoms with E-state index in [0.29, 0.717) is 41.1 Å². The molecule has 172 valence electrons. The fourth-order valence-electron chi connectivity index (χ4n) is 4.86. The van der Waals surface area contributed by atoms with Gasteiger partial charge in [0.15, 0.2) is 11.3 Å². The molecule has 0 radical (unpaired) electrons. The zero-order valence-electron chi connectivity index (χ0n) is 19.2. The van der Waals surface area contributed by atoms with Gasteiger partial charge in [-0.1, -0.05) is 30.3 Å². The van der Waals surface area contributed by atoms with Crippen LogP contribution in [0, 0.1) is 6.92 Å². The molecule has 34 heavy (non-hydrogen) atoms. The molecule has 1 saturated heterocycles. The Kier molecular flexibility index (Phi) is 5.03. The molecule has 5 aromatic rings. The number of hydrogen-bond acceptors (Lipinski definition) is 6. The molecule has 0 saturated carbocycles. The van der Waals surface area contributed by atoms with Gasteiger partial charge in [-0.2, -0.15) is 0 Å². The maximum Gasteiger partial charge on any atom is 0.265 e. The van der Waals surface area contributed by atoms with Crippen molar-refractivity contribution in [1.29, 1.82) is 0 Å². The van der Waals surface area contributed by atoms with Crippen molar-refractivity contribution in [2.75, 3.05) is 13.7 Å². The van der Waals surface area contributed by atoms with Gasteiger partial charge >= 0.3 is 0 Å². The van der Waals surface area contributed by atoms with Crippen LogP contribution in [0.25, 0.3) is 33.2 Å². The van der Waals surface area contributed by atoms with Crippen LogP contribution in [-0.2, 0) is 17.8 Å². The highest BCUT2D eigenvalue weighted by Crippen LogP contribution is 2.28. The molecule has 0 bridgehead atoms. The Morgan fingerprint density at radius 2 is 1.76 bits per heavy atom. The highest BCUT2D eigenvalue weighted by molar-refractivity contribution is 6.04. The Morgan fingerprint density at radius 3 is 2.53 bits per heavy atom. The van der Waals surface area contributed by atoms with Gasteiger partial charge in [-0.25, -0.2) is 15.0 Å². The molecule has 1 fully saturated rings. The number of methoxy groups -OCH3 is 1. The Labute approximate surface area is 195 Å². The maximum atomic E-state index is 13.8. The zero-order chi connectivity index (χ0) is 23.2. The van der Waals surface area contributed by atoms with Crippen LogP contribution in [0.3, 0.4) is 0 Å². The van der Waals surface area contributed by atoms with Crippen molar-refractivity contribution in [1.82, 2.24) is 24.1 Å². The largest absolute Gasteiger partial charge is 0.496 e. The number of fused-ring (bicyclic) bond motifs is 4. The van der Waals surface area contributed by atoms with Gasteiger partial charge in [0.05, 0.1) is 37.3 Å². The summed E-state index contributed by atoms with van der Waals surface area (Å²) < 4.78 is 15.1. The highest BCUT2D eigenvalue weighted by Gasteiger charge is 2.24. The minimum Gasteiger partial charge on any atom is -0.496 e. The lowest BCUT2D eigenvalue weighted by atomic mass is 10.2. The van der Waals surface area contributed by atoms with E-state index in [1.54, 1.807) is 11.7 Å². The normalized spacial score (nSPS) is 16.1. The molecule has 1 aliphatic heterocycles. The number of para-hydroxylation sites is 3. The third-order valence-corrected chi connectivity index (χ3v) is 6.57. The molecule has 2 aromatic carbocycles. The van der Waals surface area contributed by atoms with E-state index in [2.05, 4.69) is 0 Å². The first-order valence-corrected chi connectivity index (χ1v) is 11.5. The second-order valence-electron chi connectivity index (χ2n) is 8.69. The monoisotopic (exact) mass is 455 g/mol. The van der Waals surface area contributed by atoms with E-state index < -0.39 is 0 Å². The summed E-state index contributed by atoms with van der Waals surface area (Å²) in [7, 11) is 1.66. The molecule has 8 heteroatoms. The number of rotatable bonds is 5. The van der Waals surface area contributed by atoms with E-state index in [0.717, 1.165) is 41.8 Å². The summed E-state index contributed by atoms with van der Waals surface area (Å²) in [4.78, 5) is 28.5. The molecule has 8 nitrogen and oxygen atoms in total. The number of nitrogens with zero attached hydrogens (tertiary/aromatic N) is 5. The summed E-state index contributed by atoms with van der Waals surface area (Å²) in [5.41, 5.74) is 4.18. The number of hydrogen-bond donors (Lipinski definition) is 0. The Bertz CT molecular complexity index is 1600. The van der Waals surface area contributed by atoms with Crippen molar-refractivity contribution in [2.45, 2.75) is 39.0 Å². The summed E-state index contributed by atoms with van der Waals surface area (Å²) in [6, 6.07) is 15.6. The van der Waals surface area contributed by atoms with E-state index in [9.17, 15) is 4.79 Å². The number of aromatic nitrogens is 5. The number of aryl methyl sites for hydroxylation is 1. The molecule has 0 N–H and O–H groups in total. The predicted molar refractivity (Wildman–Crippen MR) is 130 cm³/mol. The van der Waals surface area contributed by atoms with Gasteiger partial charge in [0, 0.05) is 12.2 Å². The zero-order valence-corrected chi connectivity index (χ0v) is 19.2. The lowest BCUT2D eigenvalue weighted by molar-refractivity contribution is 0.0955. The van der Waals surface area contributed by atoms with Gasteiger partial charge in [0.1, 0.15) is 22.5 Å². The Balaban J connectivity index is 1.64. The fourth-order valence-corrected chi connectivity index (χ4v) is 4.86. The van der Waals surface area contributed by atoms with Crippen LogP contribution in [0.5, 0.6) is 5.75 Å². The van der Waals surface area contributed by atoms with Gasteiger partial charge in [0.25, 0.3) is 5.56 Å². The van der Waals surface area contributed by atoms with Crippen LogP contribution in [-0.4, -0.2) is 43.9 Å². The minimum absolute atomic E-state index is 0.0319. The van der Waals surface area contributed by atoms with Gasteiger partial charge in [-0.15, -0.1) is 0 Å². The van der Waals surface area contributed by atoms with Crippen LogP contribution in [0.1, 0.15) is 24.2 Å². The average Bonchev–Trinajstić information content (AvgIpc) is 3.47. The lowest BCUT2D eigenvalue weighted by Crippen LogP contribution is -2.29. The third-order valence-electron chi connectivity index (χ3n) is 6.57. The molecular weight excluding hydrogens is 430 g/mol. The maximum absolute atomic E-state index is 13.8. The summed E-state index contributed by atoms with van der Waals surface area (Å²) >= 11 is 0. The Morgan fingerprint density at radius 1 is 1.00 bits per heavy atom. The molecule has 1 atom stereocenters. The topological polar surface area (TPSA) is 84.1 Å². The van der Waals surface area contributed by atoms with Crippen LogP contribution in [0.15, 0.2) is 53.3 Å². The molecule has 1 aliphatic rings. The first-order chi connectivity index (χ1) is 16.6. The minimum atomic E-state index is -0.105. The smallest absolute Gasteiger partial charge is 0.265 e. The van der Waals surface area contributed by atoms with E-state index in [1.807, 2.05) is 60.0 Å². The average molecular weight is 456 g/mol. The highest BCUT2D eigenvalue weighted by atomic mass is 16.5. The first kappa shape index (κ1) is 20.8. The molecule has 0 aliphatic carbocycles. The predicted octanol–water partition coefficient (Wildman–Crippen LogP) is 3.84. The summed E-state index contributed by atoms with van der Waals surface area (Å²) in [5, 5.41) is 0.492. The van der Waals surface area contributed by atoms with Crippen molar-refractivity contribution >= 4 is 33.2 Å². The van der Waals surface area contributed by atoms with Crippen molar-refractivity contribution in [3.8, 4) is 5.75 Å². The van der Waals surface area contributed by atoms with E-state index in [-0.39, 0.29) is 11.7 Å². The quantitative estimate of drug-likeness (QED) is 0.400. The van der Waals surface area contributed by atoms with Crippen molar-refractivity contribution in [3.63, 3.8) is 0 Å². The number of ether oxygens (including phenoxy) is 2. The standard InChI is InChI=1S/C26H25N5O3/c1-16-27-24-22(26(32)30(16)15-18-9-7-13-34-18)23-25(29-20-11-5-4-10-19(20)28-23)31(24)14-17-8-3-6-12-21(17)33-2/h3-6,8,10-12,18H,7,9,13-15H2,1-2H3. The fraction of sp³-hybridized carbons (Fsp3) is 0.308. The molecule has 0 spiro atoms. The molecular formula is C26H25N5O3. The molecule has 1 unspecified atom stereocenters. The second-order valence-corrected chi connectivity index (χ2v) is 8.69. The third kappa shape index (κ3) is 3.33. The molecule has 6 rings (SSSR count). The van der Waals surface area contributed by atoms with E-state index in [4.69, 9.17) is 24.4 Å². The van der Waals surface area contributed by atoms with Crippen LogP contribution in [0.2, 0.25) is 0 Å². The van der Waals surface area contributed by atoms with Gasteiger partial charge in [-0.3, -0.25) is 9.36 Å². The van der Waals surface area contributed by atoms with Crippen molar-refractivity contribution in [2.24, 2.45) is 0 Å². The first-order valence-electron chi connectivity index (χ1n) is 11.5. The lowest BCUT2D eigenvalue weighted by Gasteiger charge is -2.15. The van der Waals surface area contributed by atoms with Crippen LogP contribution in [0.4, 0.5) is 0 Å². The van der Waals surface area contributed by atoms with Gasteiger partial charge < -0.3 is 14.0 Å². The van der Waals surface area contributed by atoms with Gasteiger partial charge in [-0.05, 0) is 38.0 Å². The molecule has 3 aromatic heterocycles. The van der Waals surface area contributed by atoms with Crippen molar-refractivity contribution in [3.05, 3.63) is 70.3 Å². The van der Waals surface area contributed by atoms with E-state index >= 15 is 0 Å². The molecule has 4 heterocycles. The van der Waals surface area contributed by atoms with Crippen LogP contribution >= 0.6 is 0 Å².